The first-order chi connectivity index (χ1) is 11.2. The predicted molar refractivity (Wildman–Crippen MR) is 96.1 cm³/mol. The van der Waals surface area contributed by atoms with Gasteiger partial charge in [0.1, 0.15) is 12.1 Å². The molecule has 0 aliphatic carbocycles. The zero-order chi connectivity index (χ0) is 16.7. The van der Waals surface area contributed by atoms with E-state index in [1.165, 1.54) is 0 Å². The van der Waals surface area contributed by atoms with Crippen molar-refractivity contribution in [2.45, 2.75) is 27.2 Å². The van der Waals surface area contributed by atoms with Gasteiger partial charge in [0.2, 0.25) is 0 Å². The molecule has 1 heterocycles. The molecule has 0 unspecified atom stereocenters. The summed E-state index contributed by atoms with van der Waals surface area (Å²) in [5.41, 5.74) is 10.6. The molecule has 0 atom stereocenters. The first kappa shape index (κ1) is 16.7. The standard InChI is InChI=1S/C18H23N5/c1-4-17-13(2)18(22-12-21-17)20-11-15(10-19)14(3)23-16-8-6-5-7-9-16/h5-10,12H,4,11,19H2,1-3H3,(H,20,21,22). The number of nitrogens with one attached hydrogen (secondary N) is 1. The molecule has 0 saturated heterocycles. The van der Waals surface area contributed by atoms with Crippen LogP contribution in [0.25, 0.3) is 0 Å². The first-order valence-corrected chi connectivity index (χ1v) is 7.71. The molecule has 5 heteroatoms. The number of benzene rings is 1. The number of aliphatic imine (C=N–C) groups is 1. The van der Waals surface area contributed by atoms with Crippen molar-refractivity contribution in [1.82, 2.24) is 9.97 Å². The number of hydrogen-bond acceptors (Lipinski definition) is 5. The van der Waals surface area contributed by atoms with E-state index in [4.69, 9.17) is 5.73 Å². The number of nitrogens with two attached hydrogens (primary N) is 1. The van der Waals surface area contributed by atoms with Gasteiger partial charge in [-0.25, -0.2) is 9.97 Å². The van der Waals surface area contributed by atoms with Crippen LogP contribution < -0.4 is 11.1 Å². The van der Waals surface area contributed by atoms with E-state index in [-0.39, 0.29) is 0 Å². The molecule has 0 spiro atoms. The van der Waals surface area contributed by atoms with E-state index in [9.17, 15) is 0 Å². The molecule has 3 N–H and O–H groups in total. The van der Waals surface area contributed by atoms with Gasteiger partial charge in [0.15, 0.2) is 0 Å². The van der Waals surface area contributed by atoms with Crippen LogP contribution in [-0.4, -0.2) is 22.2 Å². The predicted octanol–water partition coefficient (Wildman–Crippen LogP) is 3.39. The molecule has 23 heavy (non-hydrogen) atoms. The van der Waals surface area contributed by atoms with Crippen molar-refractivity contribution >= 4 is 17.2 Å². The highest BCUT2D eigenvalue weighted by Crippen LogP contribution is 2.16. The molecule has 0 saturated carbocycles. The van der Waals surface area contributed by atoms with E-state index in [1.54, 1.807) is 12.5 Å². The molecule has 0 amide bonds. The van der Waals surface area contributed by atoms with Crippen molar-refractivity contribution in [1.29, 1.82) is 0 Å². The van der Waals surface area contributed by atoms with Crippen molar-refractivity contribution in [2.24, 2.45) is 10.7 Å². The highest BCUT2D eigenvalue weighted by molar-refractivity contribution is 6.00. The number of aromatic nitrogens is 2. The van der Waals surface area contributed by atoms with Crippen LogP contribution in [0.15, 0.2) is 53.4 Å². The Morgan fingerprint density at radius 1 is 1.26 bits per heavy atom. The van der Waals surface area contributed by atoms with Gasteiger partial charge in [-0.1, -0.05) is 25.1 Å². The van der Waals surface area contributed by atoms with Crippen molar-refractivity contribution in [3.8, 4) is 0 Å². The quantitative estimate of drug-likeness (QED) is 0.802. The van der Waals surface area contributed by atoms with Gasteiger partial charge in [-0.3, -0.25) is 4.99 Å². The second-order valence-corrected chi connectivity index (χ2v) is 5.23. The van der Waals surface area contributed by atoms with Crippen LogP contribution in [0.2, 0.25) is 0 Å². The molecular weight excluding hydrogens is 286 g/mol. The summed E-state index contributed by atoms with van der Waals surface area (Å²) in [5.74, 6) is 0.837. The fourth-order valence-corrected chi connectivity index (χ4v) is 2.28. The fraction of sp³-hybridized carbons (Fsp3) is 0.278. The third-order valence-corrected chi connectivity index (χ3v) is 3.69. The Morgan fingerprint density at radius 2 is 2.00 bits per heavy atom. The first-order valence-electron chi connectivity index (χ1n) is 7.71. The van der Waals surface area contributed by atoms with Gasteiger partial charge in [-0.15, -0.1) is 0 Å². The van der Waals surface area contributed by atoms with Crippen LogP contribution in [0.3, 0.4) is 0 Å². The Balaban J connectivity index is 2.10. The lowest BCUT2D eigenvalue weighted by Gasteiger charge is -2.12. The van der Waals surface area contributed by atoms with E-state index in [0.29, 0.717) is 6.54 Å². The molecule has 0 aliphatic heterocycles. The van der Waals surface area contributed by atoms with Gasteiger partial charge in [0.05, 0.1) is 5.69 Å². The average Bonchev–Trinajstić information content (AvgIpc) is 2.57. The van der Waals surface area contributed by atoms with Gasteiger partial charge >= 0.3 is 0 Å². The molecule has 0 radical (unpaired) electrons. The summed E-state index contributed by atoms with van der Waals surface area (Å²) in [7, 11) is 0. The number of rotatable bonds is 6. The number of anilines is 1. The Bertz CT molecular complexity index is 705. The number of aryl methyl sites for hydroxylation is 1. The largest absolute Gasteiger partial charge is 0.404 e. The van der Waals surface area contributed by atoms with E-state index in [1.807, 2.05) is 44.2 Å². The summed E-state index contributed by atoms with van der Waals surface area (Å²) in [5, 5.41) is 3.33. The van der Waals surface area contributed by atoms with E-state index in [0.717, 1.165) is 40.5 Å². The summed E-state index contributed by atoms with van der Waals surface area (Å²) in [6.45, 7) is 6.64. The molecule has 1 aromatic carbocycles. The molecule has 2 rings (SSSR count). The minimum absolute atomic E-state index is 0.569. The normalized spacial score (nSPS) is 12.3. The van der Waals surface area contributed by atoms with Gasteiger partial charge in [-0.05, 0) is 32.4 Å². The van der Waals surface area contributed by atoms with E-state index < -0.39 is 0 Å². The van der Waals surface area contributed by atoms with Crippen molar-refractivity contribution < 1.29 is 0 Å². The minimum Gasteiger partial charge on any atom is -0.404 e. The van der Waals surface area contributed by atoms with Gasteiger partial charge < -0.3 is 11.1 Å². The highest BCUT2D eigenvalue weighted by Gasteiger charge is 2.07. The Morgan fingerprint density at radius 3 is 2.65 bits per heavy atom. The maximum atomic E-state index is 5.77. The Labute approximate surface area is 137 Å². The zero-order valence-electron chi connectivity index (χ0n) is 13.9. The monoisotopic (exact) mass is 309 g/mol. The lowest BCUT2D eigenvalue weighted by Crippen LogP contribution is -2.14. The molecule has 0 bridgehead atoms. The molecule has 0 aliphatic rings. The third kappa shape index (κ3) is 4.39. The lowest BCUT2D eigenvalue weighted by molar-refractivity contribution is 0.966. The van der Waals surface area contributed by atoms with Crippen LogP contribution in [0.5, 0.6) is 0 Å². The molecule has 2 aromatic rings. The smallest absolute Gasteiger partial charge is 0.132 e. The molecule has 1 aromatic heterocycles. The summed E-state index contributed by atoms with van der Waals surface area (Å²) >= 11 is 0. The van der Waals surface area contributed by atoms with Crippen LogP contribution in [0.4, 0.5) is 11.5 Å². The lowest BCUT2D eigenvalue weighted by atomic mass is 10.1. The van der Waals surface area contributed by atoms with Crippen molar-refractivity contribution in [3.63, 3.8) is 0 Å². The van der Waals surface area contributed by atoms with Crippen molar-refractivity contribution in [3.05, 3.63) is 59.7 Å². The maximum Gasteiger partial charge on any atom is 0.132 e. The summed E-state index contributed by atoms with van der Waals surface area (Å²) in [6.07, 6.45) is 4.06. The maximum absolute atomic E-state index is 5.77. The minimum atomic E-state index is 0.569. The van der Waals surface area contributed by atoms with E-state index >= 15 is 0 Å². The number of hydrogen-bond donors (Lipinski definition) is 2. The second kappa shape index (κ2) is 8.08. The molecule has 120 valence electrons. The average molecular weight is 309 g/mol. The highest BCUT2D eigenvalue weighted by atomic mass is 15.0. The molecule has 0 fully saturated rings. The Kier molecular flexibility index (Phi) is 5.86. The molecular formula is C18H23N5. The van der Waals surface area contributed by atoms with Gasteiger partial charge in [0, 0.05) is 35.3 Å². The number of nitrogens with zero attached hydrogens (tertiary/aromatic N) is 3. The zero-order valence-corrected chi connectivity index (χ0v) is 13.9. The summed E-state index contributed by atoms with van der Waals surface area (Å²) < 4.78 is 0. The topological polar surface area (TPSA) is 76.2 Å². The summed E-state index contributed by atoms with van der Waals surface area (Å²) in [6, 6.07) is 9.83. The SMILES string of the molecule is CCc1ncnc(NCC(=CN)C(C)=Nc2ccccc2)c1C. The van der Waals surface area contributed by atoms with Crippen LogP contribution in [-0.2, 0) is 6.42 Å². The van der Waals surface area contributed by atoms with Crippen LogP contribution in [0, 0.1) is 6.92 Å². The second-order valence-electron chi connectivity index (χ2n) is 5.23. The van der Waals surface area contributed by atoms with Crippen molar-refractivity contribution in [2.75, 3.05) is 11.9 Å². The van der Waals surface area contributed by atoms with Crippen LogP contribution in [0.1, 0.15) is 25.1 Å². The summed E-state index contributed by atoms with van der Waals surface area (Å²) in [4.78, 5) is 13.2. The molecule has 5 nitrogen and oxygen atoms in total. The van der Waals surface area contributed by atoms with Gasteiger partial charge in [-0.2, -0.15) is 0 Å². The van der Waals surface area contributed by atoms with Gasteiger partial charge in [0.25, 0.3) is 0 Å². The number of para-hydroxylation sites is 1. The van der Waals surface area contributed by atoms with E-state index in [2.05, 4.69) is 27.2 Å². The Hall–Kier alpha value is -2.69. The third-order valence-electron chi connectivity index (χ3n) is 3.69. The van der Waals surface area contributed by atoms with Crippen LogP contribution >= 0.6 is 0 Å². The fourth-order valence-electron chi connectivity index (χ4n) is 2.28.